The summed E-state index contributed by atoms with van der Waals surface area (Å²) in [6.07, 6.45) is 1.65. The van der Waals surface area contributed by atoms with Crippen molar-refractivity contribution in [1.82, 2.24) is 0 Å². The van der Waals surface area contributed by atoms with Crippen molar-refractivity contribution in [3.63, 3.8) is 0 Å². The van der Waals surface area contributed by atoms with E-state index >= 15 is 0 Å². The third kappa shape index (κ3) is 5.21. The zero-order chi connectivity index (χ0) is 22.5. The molecule has 0 N–H and O–H groups in total. The van der Waals surface area contributed by atoms with Gasteiger partial charge in [0.05, 0.1) is 17.2 Å². The van der Waals surface area contributed by atoms with Gasteiger partial charge in [0.2, 0.25) is 5.90 Å². The molecule has 0 fully saturated rings. The standard InChI is InChI=1S/C25H19BrClNO4/c1-2-30-23-14-16(10-11-22(23)31-15-17-6-5-7-18(26)12-17)13-21-25(29)32-24(28-21)19-8-3-4-9-20(19)27/h3-14H,2,15H2,1H3/b21-13-. The van der Waals surface area contributed by atoms with E-state index in [1.165, 1.54) is 0 Å². The zero-order valence-corrected chi connectivity index (χ0v) is 19.5. The fourth-order valence-corrected chi connectivity index (χ4v) is 3.77. The molecule has 162 valence electrons. The first-order valence-corrected chi connectivity index (χ1v) is 11.1. The van der Waals surface area contributed by atoms with Crippen LogP contribution >= 0.6 is 27.5 Å². The van der Waals surface area contributed by atoms with E-state index < -0.39 is 5.97 Å². The lowest BCUT2D eigenvalue weighted by atomic mass is 10.1. The summed E-state index contributed by atoms with van der Waals surface area (Å²) in [5.74, 6) is 0.848. The molecule has 0 atom stereocenters. The number of hydrogen-bond acceptors (Lipinski definition) is 5. The summed E-state index contributed by atoms with van der Waals surface area (Å²) in [4.78, 5) is 16.7. The number of hydrogen-bond donors (Lipinski definition) is 0. The van der Waals surface area contributed by atoms with Crippen LogP contribution in [0.15, 0.2) is 81.9 Å². The number of nitrogens with zero attached hydrogens (tertiary/aromatic N) is 1. The number of carbonyl (C=O) groups excluding carboxylic acids is 1. The second-order valence-electron chi connectivity index (χ2n) is 6.87. The maximum Gasteiger partial charge on any atom is 0.363 e. The predicted octanol–water partition coefficient (Wildman–Crippen LogP) is 6.42. The lowest BCUT2D eigenvalue weighted by Crippen LogP contribution is -2.05. The first-order chi connectivity index (χ1) is 15.5. The van der Waals surface area contributed by atoms with Gasteiger partial charge in [0.1, 0.15) is 6.61 Å². The lowest BCUT2D eigenvalue weighted by Gasteiger charge is -2.13. The highest BCUT2D eigenvalue weighted by Crippen LogP contribution is 2.31. The number of esters is 1. The summed E-state index contributed by atoms with van der Waals surface area (Å²) in [5, 5.41) is 0.464. The molecule has 0 radical (unpaired) electrons. The summed E-state index contributed by atoms with van der Waals surface area (Å²) in [7, 11) is 0. The van der Waals surface area contributed by atoms with Gasteiger partial charge in [-0.15, -0.1) is 0 Å². The van der Waals surface area contributed by atoms with Crippen LogP contribution in [0.1, 0.15) is 23.6 Å². The minimum atomic E-state index is -0.534. The van der Waals surface area contributed by atoms with Crippen LogP contribution in [-0.4, -0.2) is 18.5 Å². The zero-order valence-electron chi connectivity index (χ0n) is 17.2. The molecule has 0 spiro atoms. The molecule has 0 amide bonds. The van der Waals surface area contributed by atoms with E-state index in [-0.39, 0.29) is 11.6 Å². The van der Waals surface area contributed by atoms with Crippen LogP contribution in [0.3, 0.4) is 0 Å². The summed E-state index contributed by atoms with van der Waals surface area (Å²) >= 11 is 9.66. The number of carbonyl (C=O) groups is 1. The van der Waals surface area contributed by atoms with Gasteiger partial charge in [-0.1, -0.05) is 57.9 Å². The van der Waals surface area contributed by atoms with Gasteiger partial charge < -0.3 is 14.2 Å². The van der Waals surface area contributed by atoms with Crippen molar-refractivity contribution in [2.45, 2.75) is 13.5 Å². The maximum absolute atomic E-state index is 12.3. The van der Waals surface area contributed by atoms with Gasteiger partial charge in [-0.25, -0.2) is 9.79 Å². The van der Waals surface area contributed by atoms with Gasteiger partial charge in [-0.05, 0) is 60.5 Å². The molecular formula is C25H19BrClNO4. The van der Waals surface area contributed by atoms with Crippen molar-refractivity contribution in [3.8, 4) is 11.5 Å². The summed E-state index contributed by atoms with van der Waals surface area (Å²) in [6.45, 7) is 2.78. The monoisotopic (exact) mass is 511 g/mol. The Hall–Kier alpha value is -3.09. The van der Waals surface area contributed by atoms with Crippen molar-refractivity contribution in [3.05, 3.63) is 98.6 Å². The molecule has 0 aromatic heterocycles. The molecule has 3 aromatic carbocycles. The van der Waals surface area contributed by atoms with Gasteiger partial charge in [-0.3, -0.25) is 0 Å². The average Bonchev–Trinajstić information content (AvgIpc) is 3.13. The SMILES string of the molecule is CCOc1cc(/C=C2\N=C(c3ccccc3Cl)OC2=O)ccc1OCc1cccc(Br)c1. The first-order valence-electron chi connectivity index (χ1n) is 9.95. The van der Waals surface area contributed by atoms with Crippen LogP contribution in [-0.2, 0) is 16.1 Å². The number of ether oxygens (including phenoxy) is 3. The Morgan fingerprint density at radius 2 is 1.88 bits per heavy atom. The van der Waals surface area contributed by atoms with Crippen LogP contribution in [0.2, 0.25) is 5.02 Å². The smallest absolute Gasteiger partial charge is 0.363 e. The fraction of sp³-hybridized carbons (Fsp3) is 0.120. The Kier molecular flexibility index (Phi) is 6.93. The maximum atomic E-state index is 12.3. The highest BCUT2D eigenvalue weighted by Gasteiger charge is 2.25. The number of halogens is 2. The van der Waals surface area contributed by atoms with Crippen molar-refractivity contribution in [1.29, 1.82) is 0 Å². The summed E-state index contributed by atoms with van der Waals surface area (Å²) < 4.78 is 18.0. The van der Waals surface area contributed by atoms with Crippen LogP contribution in [0, 0.1) is 0 Å². The van der Waals surface area contributed by atoms with Crippen LogP contribution in [0.4, 0.5) is 0 Å². The van der Waals surface area contributed by atoms with Crippen LogP contribution in [0.25, 0.3) is 6.08 Å². The van der Waals surface area contributed by atoms with E-state index in [4.69, 9.17) is 25.8 Å². The molecule has 0 unspecified atom stereocenters. The lowest BCUT2D eigenvalue weighted by molar-refractivity contribution is -0.129. The number of rotatable bonds is 7. The van der Waals surface area contributed by atoms with Crippen LogP contribution < -0.4 is 9.47 Å². The van der Waals surface area contributed by atoms with E-state index in [2.05, 4.69) is 20.9 Å². The third-order valence-electron chi connectivity index (χ3n) is 4.58. The molecule has 1 aliphatic heterocycles. The minimum Gasteiger partial charge on any atom is -0.490 e. The molecule has 4 rings (SSSR count). The molecule has 32 heavy (non-hydrogen) atoms. The Bertz CT molecular complexity index is 1220. The van der Waals surface area contributed by atoms with Gasteiger partial charge >= 0.3 is 5.97 Å². The molecule has 0 aliphatic carbocycles. The third-order valence-corrected chi connectivity index (χ3v) is 5.40. The van der Waals surface area contributed by atoms with E-state index in [9.17, 15) is 4.79 Å². The largest absolute Gasteiger partial charge is 0.490 e. The normalized spacial score (nSPS) is 14.3. The van der Waals surface area contributed by atoms with E-state index in [0.717, 1.165) is 15.6 Å². The Balaban J connectivity index is 1.57. The van der Waals surface area contributed by atoms with Gasteiger partial charge in [-0.2, -0.15) is 0 Å². The molecule has 1 aliphatic rings. The molecule has 7 heteroatoms. The van der Waals surface area contributed by atoms with Crippen molar-refractivity contribution in [2.24, 2.45) is 4.99 Å². The summed E-state index contributed by atoms with van der Waals surface area (Å²) in [6, 6.07) is 20.4. The molecular weight excluding hydrogens is 494 g/mol. The second-order valence-corrected chi connectivity index (χ2v) is 8.20. The van der Waals surface area contributed by atoms with Crippen molar-refractivity contribution in [2.75, 3.05) is 6.61 Å². The van der Waals surface area contributed by atoms with Gasteiger partial charge in [0.15, 0.2) is 17.2 Å². The van der Waals surface area contributed by atoms with Crippen molar-refractivity contribution >= 4 is 45.5 Å². The van der Waals surface area contributed by atoms with Crippen LogP contribution in [0.5, 0.6) is 11.5 Å². The predicted molar refractivity (Wildman–Crippen MR) is 128 cm³/mol. The van der Waals surface area contributed by atoms with Gasteiger partial charge in [0, 0.05) is 4.47 Å². The Labute approximate surface area is 199 Å². The van der Waals surface area contributed by atoms with E-state index in [1.54, 1.807) is 30.3 Å². The molecule has 3 aromatic rings. The first kappa shape index (κ1) is 22.1. The fourth-order valence-electron chi connectivity index (χ4n) is 3.11. The van der Waals surface area contributed by atoms with Gasteiger partial charge in [0.25, 0.3) is 0 Å². The Morgan fingerprint density at radius 1 is 1.03 bits per heavy atom. The minimum absolute atomic E-state index is 0.185. The quantitative estimate of drug-likeness (QED) is 0.271. The highest BCUT2D eigenvalue weighted by atomic mass is 79.9. The highest BCUT2D eigenvalue weighted by molar-refractivity contribution is 9.10. The molecule has 0 bridgehead atoms. The second kappa shape index (κ2) is 10.0. The number of benzene rings is 3. The van der Waals surface area contributed by atoms with Crippen molar-refractivity contribution < 1.29 is 19.0 Å². The van der Waals surface area contributed by atoms with E-state index in [1.807, 2.05) is 49.4 Å². The number of aliphatic imine (C=N–C) groups is 1. The molecule has 0 saturated carbocycles. The topological polar surface area (TPSA) is 57.1 Å². The molecule has 1 heterocycles. The Morgan fingerprint density at radius 3 is 2.66 bits per heavy atom. The average molecular weight is 513 g/mol. The van der Waals surface area contributed by atoms with E-state index in [0.29, 0.717) is 35.3 Å². The molecule has 5 nitrogen and oxygen atoms in total. The summed E-state index contributed by atoms with van der Waals surface area (Å²) in [5.41, 5.74) is 2.52. The number of cyclic esters (lactones) is 1. The molecule has 0 saturated heterocycles.